The maximum Gasteiger partial charge on any atom is 0.407 e. The fourth-order valence-corrected chi connectivity index (χ4v) is 17.1. The van der Waals surface area contributed by atoms with Crippen molar-refractivity contribution in [2.24, 2.45) is 35.5 Å². The minimum absolute atomic E-state index is 0.0193. The number of fused-ring (bicyclic) bond motifs is 6. The number of nitrogens with zero attached hydrogens (tertiary/aromatic N) is 7. The zero-order valence-electron chi connectivity index (χ0n) is 75.5. The van der Waals surface area contributed by atoms with Gasteiger partial charge >= 0.3 is 12.1 Å². The van der Waals surface area contributed by atoms with Crippen LogP contribution in [0.15, 0.2) is 94.7 Å². The van der Waals surface area contributed by atoms with E-state index in [4.69, 9.17) is 87.3 Å². The number of alkyl carbamates (subject to hydrolysis) is 1. The predicted molar refractivity (Wildman–Crippen MR) is 470 cm³/mol. The number of aromatic nitrogens is 5. The number of piperidine rings is 1. The molecule has 3 amide bonds. The van der Waals surface area contributed by atoms with Crippen molar-refractivity contribution in [1.82, 2.24) is 39.8 Å². The minimum Gasteiger partial charge on any atom is -0.460 e. The quantitative estimate of drug-likeness (QED) is 0.0107. The number of nitrogens with two attached hydrogens (primary N) is 2. The second-order valence-electron chi connectivity index (χ2n) is 33.9. The Morgan fingerprint density at radius 2 is 1.39 bits per heavy atom. The minimum atomic E-state index is -2.48. The summed E-state index contributed by atoms with van der Waals surface area (Å²) >= 11 is 0. The number of methoxy groups -OCH3 is 3. The number of carbonyl (C=O) groups is 7. The molecule has 3 aromatic heterocycles. The molecule has 34 nitrogen and oxygen atoms in total. The molecule has 2 aromatic carbocycles. The average Bonchev–Trinajstić information content (AvgIpc) is 1.71. The van der Waals surface area contributed by atoms with Gasteiger partial charge in [-0.3, -0.25) is 24.0 Å². The van der Waals surface area contributed by atoms with Gasteiger partial charge in [0.1, 0.15) is 59.6 Å². The van der Waals surface area contributed by atoms with E-state index >= 15 is 0 Å². The molecule has 5 aliphatic rings. The smallest absolute Gasteiger partial charge is 0.407 e. The van der Waals surface area contributed by atoms with Crippen molar-refractivity contribution >= 4 is 75.2 Å². The van der Waals surface area contributed by atoms with E-state index < -0.39 is 102 Å². The van der Waals surface area contributed by atoms with Crippen LogP contribution in [-0.2, 0) is 115 Å². The van der Waals surface area contributed by atoms with E-state index in [1.54, 1.807) is 54.1 Å². The van der Waals surface area contributed by atoms with Gasteiger partial charge in [0.05, 0.1) is 142 Å². The lowest BCUT2D eigenvalue weighted by atomic mass is 9.78. The first kappa shape index (κ1) is 100. The summed E-state index contributed by atoms with van der Waals surface area (Å²) in [6.07, 6.45) is 11.8. The molecule has 34 heteroatoms. The third-order valence-corrected chi connectivity index (χ3v) is 24.5. The summed E-state index contributed by atoms with van der Waals surface area (Å²) in [5.41, 5.74) is 19.9. The summed E-state index contributed by atoms with van der Waals surface area (Å²) in [5, 5.41) is 32.1. The summed E-state index contributed by atoms with van der Waals surface area (Å²) in [6.45, 7) is 20.2. The third kappa shape index (κ3) is 29.3. The van der Waals surface area contributed by atoms with Crippen molar-refractivity contribution in [2.45, 2.75) is 206 Å². The molecule has 7 N–H and O–H groups in total. The van der Waals surface area contributed by atoms with Crippen LogP contribution in [0.4, 0.5) is 16.6 Å². The topological polar surface area (TPSA) is 429 Å². The zero-order chi connectivity index (χ0) is 90.9. The number of aliphatic hydroxyl groups is 2. The molecule has 1 saturated carbocycles. The number of nitrogens with one attached hydrogen (secondary N) is 1. The highest BCUT2D eigenvalue weighted by Gasteiger charge is 2.53. The van der Waals surface area contributed by atoms with Crippen LogP contribution in [0.25, 0.3) is 33.4 Å². The van der Waals surface area contributed by atoms with Crippen LogP contribution in [0.3, 0.4) is 0 Å². The van der Waals surface area contributed by atoms with Gasteiger partial charge in [0.25, 0.3) is 17.7 Å². The molecule has 2 saturated heterocycles. The van der Waals surface area contributed by atoms with Crippen LogP contribution in [0.1, 0.15) is 149 Å². The van der Waals surface area contributed by atoms with Crippen LogP contribution in [-0.4, -0.2) is 287 Å². The first-order chi connectivity index (χ1) is 61.3. The summed E-state index contributed by atoms with van der Waals surface area (Å²) < 4.78 is 88.3. The van der Waals surface area contributed by atoms with Crippen molar-refractivity contribution < 1.29 is 115 Å². The fourth-order valence-electron chi connectivity index (χ4n) is 17.1. The SMILES string of the molecule is CO[C@H]1C[C@@H]2CC[C@@H](C)[C@@](O)(O2)C(=O)C(=O)N2CCCC[C@H]2C(=O)O[C@H]([C@H](C)C[C@@H]2CC[C@@H](OC(=O)NCCOCCOCCOCCOCCOCCOCCOCCOCCC(=O)N3CCc4cc(Cn5nc(-c6ccc7oc(N)nc7c6)c6c(N)ncnc65)ccc4C3)[C@H](OC)C2)CC(=O)[C@H](C)/C=C(\C)[C@@H](O)[C@@H](OC)C(=O)[C@H](C)C[C@H](C)/C=C/C=C/C=C/1C. The van der Waals surface area contributed by atoms with Crippen LogP contribution < -0.4 is 16.8 Å². The Balaban J connectivity index is 0.552. The summed E-state index contributed by atoms with van der Waals surface area (Å²) in [7, 11) is 4.49. The summed E-state index contributed by atoms with van der Waals surface area (Å²) in [6, 6.07) is 10.7. The molecule has 2 bridgehead atoms. The Hall–Kier alpha value is -8.85. The number of Topliss-reactive ketones (excluding diaryl/α,β-unsaturated/α-hetero) is 3. The van der Waals surface area contributed by atoms with Gasteiger partial charge in [0, 0.05) is 83.7 Å². The maximum absolute atomic E-state index is 14.8. The molecule has 0 spiro atoms. The number of rotatable bonds is 37. The number of carbonyl (C=O) groups excluding carboxylic acids is 7. The number of hydrogen-bond acceptors (Lipinski definition) is 30. The Morgan fingerprint density at radius 1 is 0.709 bits per heavy atom. The number of cyclic esters (lactones) is 1. The molecule has 5 aromatic rings. The van der Waals surface area contributed by atoms with Crippen LogP contribution in [0.2, 0.25) is 0 Å². The van der Waals surface area contributed by atoms with E-state index in [0.29, 0.717) is 216 Å². The van der Waals surface area contributed by atoms with Crippen molar-refractivity contribution in [2.75, 3.05) is 158 Å². The number of benzene rings is 2. The fraction of sp³-hybridized carbons (Fsp3) is 0.645. The normalized spacial score (nSPS) is 27.0. The van der Waals surface area contributed by atoms with E-state index in [0.717, 1.165) is 28.7 Å². The number of ether oxygens (including phenoxy) is 14. The Kier molecular flexibility index (Phi) is 40.2. The van der Waals surface area contributed by atoms with E-state index in [1.165, 1.54) is 23.9 Å². The first-order valence-electron chi connectivity index (χ1n) is 44.8. The number of amides is 3. The first-order valence-corrected chi connectivity index (χ1v) is 44.8. The Labute approximate surface area is 744 Å². The average molecular weight is 1780 g/mol. The lowest BCUT2D eigenvalue weighted by molar-refractivity contribution is -0.265. The number of anilines is 2. The highest BCUT2D eigenvalue weighted by atomic mass is 16.6. The number of ketones is 3. The van der Waals surface area contributed by atoms with E-state index in [1.807, 2.05) is 72.9 Å². The predicted octanol–water partition coefficient (Wildman–Crippen LogP) is 9.18. The van der Waals surface area contributed by atoms with Gasteiger partial charge in [0.15, 0.2) is 17.0 Å². The molecule has 15 atom stereocenters. The van der Waals surface area contributed by atoms with E-state index in [9.17, 15) is 43.8 Å². The number of nitrogen functional groups attached to an aromatic ring is 2. The molecular weight excluding hydrogens is 1640 g/mol. The van der Waals surface area contributed by atoms with Crippen molar-refractivity contribution in [1.29, 1.82) is 0 Å². The van der Waals surface area contributed by atoms with Crippen molar-refractivity contribution in [3.63, 3.8) is 0 Å². The molecule has 700 valence electrons. The third-order valence-electron chi connectivity index (χ3n) is 24.5. The van der Waals surface area contributed by atoms with Crippen LogP contribution in [0, 0.1) is 35.5 Å². The number of aliphatic hydroxyl groups excluding tert-OH is 1. The second-order valence-corrected chi connectivity index (χ2v) is 33.9. The van der Waals surface area contributed by atoms with Gasteiger partial charge in [0.2, 0.25) is 11.7 Å². The highest BCUT2D eigenvalue weighted by Crippen LogP contribution is 2.40. The lowest BCUT2D eigenvalue weighted by Crippen LogP contribution is -2.61. The van der Waals surface area contributed by atoms with Crippen LogP contribution >= 0.6 is 0 Å². The van der Waals surface area contributed by atoms with Gasteiger partial charge in [-0.15, -0.1) is 0 Å². The monoisotopic (exact) mass is 1770 g/mol. The molecule has 127 heavy (non-hydrogen) atoms. The molecular formula is C93H134N10O24. The maximum atomic E-state index is 14.8. The van der Waals surface area contributed by atoms with E-state index in [2.05, 4.69) is 38.5 Å². The number of allylic oxidation sites excluding steroid dienone is 6. The van der Waals surface area contributed by atoms with E-state index in [-0.39, 0.29) is 80.7 Å². The van der Waals surface area contributed by atoms with Crippen LogP contribution in [0.5, 0.6) is 0 Å². The molecule has 1 aliphatic carbocycles. The summed E-state index contributed by atoms with van der Waals surface area (Å²) in [4.78, 5) is 115. The van der Waals surface area contributed by atoms with Crippen molar-refractivity contribution in [3.05, 3.63) is 107 Å². The molecule has 7 heterocycles. The molecule has 0 unspecified atom stereocenters. The molecule has 0 radical (unpaired) electrons. The second kappa shape index (κ2) is 50.9. The largest absolute Gasteiger partial charge is 0.460 e. The number of oxazole rings is 1. The number of hydrogen-bond donors (Lipinski definition) is 5. The lowest BCUT2D eigenvalue weighted by Gasteiger charge is -2.42. The summed E-state index contributed by atoms with van der Waals surface area (Å²) in [5.74, 6) is -8.31. The number of esters is 1. The van der Waals surface area contributed by atoms with Gasteiger partial charge in [-0.05, 0) is 148 Å². The Morgan fingerprint density at radius 3 is 2.06 bits per heavy atom. The van der Waals surface area contributed by atoms with Gasteiger partial charge < -0.3 is 108 Å². The zero-order valence-corrected chi connectivity index (χ0v) is 75.5. The molecule has 3 fully saturated rings. The van der Waals surface area contributed by atoms with Gasteiger partial charge in [-0.1, -0.05) is 89.3 Å². The van der Waals surface area contributed by atoms with Gasteiger partial charge in [-0.25, -0.2) is 24.2 Å². The van der Waals surface area contributed by atoms with Gasteiger partial charge in [-0.2, -0.15) is 10.1 Å². The van der Waals surface area contributed by atoms with Crippen molar-refractivity contribution in [3.8, 4) is 11.3 Å². The Bertz CT molecular complexity index is 4510. The highest BCUT2D eigenvalue weighted by molar-refractivity contribution is 6.39. The standard InChI is InChI=1S/C93H134N10O24/c1-59-16-12-11-13-17-60(2)77(113-8)54-71-24-19-65(7)93(112,127-71)86(108)89(109)102-30-15-14-18-73(102)90(110)124-78(55-74(104)61(3)49-64(6)84(107)85(115-10)83(106)63(5)48-59)62(4)50-66-21-25-76(79(52-66)114-9)126-92(111)96-29-33-117-35-37-119-39-41-121-43-45-123-47-46-122-44-42-120-40-38-118-36-34-116-32-28-80(105)101-31-27-68-51-67(20-22-70(68)57-101)56-103-88-81(87(94)97-58-98-88)82(100-103)69-23-26-75-72(53-69)99-91(95)125-75/h11-13,16-17,20,22-23,26,49,51,53,58-59,61-63,65-66,71,73,76-79,84-85,107,112H,14-15,18-19,21,24-25,27-48,50,52,54-57H2,1-10H3,(H2,95,99)(H,96,111)(H2,94,97,98)/b13-11+,16-12+,60-17+,64-49+/t59-,61-,62-,63-,65-,66+,71+,73+,76-,77+,78+,79-,84-,85+,93-/m1/s1. The molecule has 10 rings (SSSR count). The molecule has 4 aliphatic heterocycles.